The molecule has 14 aromatic rings. The zero-order valence-corrected chi connectivity index (χ0v) is 44.4. The van der Waals surface area contributed by atoms with Crippen LogP contribution in [-0.2, 0) is 0 Å². The predicted molar refractivity (Wildman–Crippen MR) is 328 cm³/mol. The quantitative estimate of drug-likeness (QED) is 0.148. The maximum atomic E-state index is 9.71. The highest BCUT2D eigenvalue weighted by Crippen LogP contribution is 2.36. The maximum absolute atomic E-state index is 9.71. The normalized spacial score (nSPS) is 10.9. The molecule has 0 spiro atoms. The van der Waals surface area contributed by atoms with Crippen molar-refractivity contribution >= 4 is 59.5 Å². The van der Waals surface area contributed by atoms with Crippen LogP contribution in [-0.4, -0.2) is 14.2 Å². The highest BCUT2D eigenvalue weighted by molar-refractivity contribution is 9.10. The van der Waals surface area contributed by atoms with Crippen LogP contribution in [0.15, 0.2) is 308 Å². The first-order valence-corrected chi connectivity index (χ1v) is 26.8. The lowest BCUT2D eigenvalue weighted by atomic mass is 10.0. The van der Waals surface area contributed by atoms with Gasteiger partial charge < -0.3 is 28.5 Å². The summed E-state index contributed by atoms with van der Waals surface area (Å²) >= 11 is 3.40. The van der Waals surface area contributed by atoms with E-state index >= 15 is 0 Å². The molecule has 0 saturated heterocycles. The molecule has 0 aliphatic carbocycles. The summed E-state index contributed by atoms with van der Waals surface area (Å²) in [6, 6.07) is 102. The van der Waals surface area contributed by atoms with Gasteiger partial charge in [-0.15, -0.1) is 0 Å². The first-order chi connectivity index (χ1) is 39.0. The molecule has 0 unspecified atom stereocenters. The summed E-state index contributed by atoms with van der Waals surface area (Å²) < 4.78 is 23.5. The zero-order valence-electron chi connectivity index (χ0n) is 42.8. The Labute approximate surface area is 467 Å². The van der Waals surface area contributed by atoms with E-state index in [9.17, 15) is 5.11 Å². The fourth-order valence-electron chi connectivity index (χ4n) is 9.95. The molecule has 0 amide bonds. The second kappa shape index (κ2) is 23.0. The van der Waals surface area contributed by atoms with Crippen LogP contribution in [0.4, 0.5) is 0 Å². The van der Waals surface area contributed by atoms with Crippen molar-refractivity contribution in [2.24, 2.45) is 0 Å². The first-order valence-electron chi connectivity index (χ1n) is 26.0. The van der Waals surface area contributed by atoms with Gasteiger partial charge in [-0.05, 0) is 150 Å². The molecular weight excluding hydrogens is 1040 g/mol. The van der Waals surface area contributed by atoms with Gasteiger partial charge in [0.05, 0.1) is 22.1 Å². The van der Waals surface area contributed by atoms with Crippen molar-refractivity contribution in [1.29, 1.82) is 0 Å². The Morgan fingerprint density at radius 3 is 1.01 bits per heavy atom. The van der Waals surface area contributed by atoms with Crippen LogP contribution in [0.5, 0.6) is 40.2 Å². The van der Waals surface area contributed by atoms with E-state index in [1.165, 1.54) is 43.6 Å². The van der Waals surface area contributed by atoms with E-state index in [0.717, 1.165) is 72.6 Å². The number of aromatic hydroxyl groups is 1. The van der Waals surface area contributed by atoms with Crippen molar-refractivity contribution in [3.05, 3.63) is 308 Å². The van der Waals surface area contributed by atoms with Crippen molar-refractivity contribution in [2.45, 2.75) is 0 Å². The molecule has 2 aromatic heterocycles. The molecule has 7 heteroatoms. The van der Waals surface area contributed by atoms with E-state index in [1.54, 1.807) is 12.1 Å². The van der Waals surface area contributed by atoms with Crippen LogP contribution in [0.2, 0.25) is 0 Å². The van der Waals surface area contributed by atoms with Crippen molar-refractivity contribution in [1.82, 2.24) is 9.13 Å². The molecule has 0 aliphatic heterocycles. The van der Waals surface area contributed by atoms with Crippen LogP contribution in [0.3, 0.4) is 0 Å². The Bertz CT molecular complexity index is 4260. The summed E-state index contributed by atoms with van der Waals surface area (Å²) in [5.41, 5.74) is 11.4. The van der Waals surface area contributed by atoms with Crippen molar-refractivity contribution < 1.29 is 19.3 Å². The van der Waals surface area contributed by atoms with Gasteiger partial charge in [0.15, 0.2) is 0 Å². The minimum atomic E-state index is 0.286. The fourth-order valence-corrected chi connectivity index (χ4v) is 10.3. The summed E-state index contributed by atoms with van der Waals surface area (Å²) in [4.78, 5) is 0. The van der Waals surface area contributed by atoms with Gasteiger partial charge in [-0.1, -0.05) is 186 Å². The maximum Gasteiger partial charge on any atom is 0.131 e. The minimum Gasteiger partial charge on any atom is -0.508 e. The summed E-state index contributed by atoms with van der Waals surface area (Å²) in [6.07, 6.45) is 0. The molecule has 380 valence electrons. The van der Waals surface area contributed by atoms with Crippen LogP contribution in [0.25, 0.3) is 77.2 Å². The monoisotopic (exact) mass is 1090 g/mol. The standard InChI is InChI=1S/C36H25NO2.C24H17NO.C12H9BrO/c1-2-11-29(12-3-1)38-31-14-9-15-32(25-31)39-30-13-8-10-27(24-30)26-20-22-28(23-21-26)37-35-18-6-4-16-33(35)34-17-5-7-19-36(34)37;26-20-7-5-6-18(16-20)17-12-14-19(15-13-17)25-23-10-3-1-8-21(23)22-9-2-4-11-24(22)25;13-10-5-4-8-12(9-10)14-11-6-2-1-3-7-11/h1-25H;1-16,26H;1-9H. The molecule has 1 N–H and O–H groups in total. The van der Waals surface area contributed by atoms with Gasteiger partial charge >= 0.3 is 0 Å². The minimum absolute atomic E-state index is 0.286. The van der Waals surface area contributed by atoms with E-state index in [1.807, 2.05) is 133 Å². The smallest absolute Gasteiger partial charge is 0.131 e. The van der Waals surface area contributed by atoms with Gasteiger partial charge in [-0.2, -0.15) is 0 Å². The second-order valence-corrected chi connectivity index (χ2v) is 19.7. The van der Waals surface area contributed by atoms with Gasteiger partial charge in [0.2, 0.25) is 0 Å². The third kappa shape index (κ3) is 11.3. The number of benzene rings is 12. The van der Waals surface area contributed by atoms with Crippen molar-refractivity contribution in [3.63, 3.8) is 0 Å². The average molecular weight is 1090 g/mol. The number of nitrogens with zero attached hydrogens (tertiary/aromatic N) is 2. The number of rotatable bonds is 10. The number of aromatic nitrogens is 2. The number of hydrogen-bond acceptors (Lipinski definition) is 4. The molecule has 0 radical (unpaired) electrons. The van der Waals surface area contributed by atoms with Crippen LogP contribution in [0.1, 0.15) is 0 Å². The average Bonchev–Trinajstić information content (AvgIpc) is 4.12. The lowest BCUT2D eigenvalue weighted by Crippen LogP contribution is -1.93. The summed E-state index contributed by atoms with van der Waals surface area (Å²) in [5.74, 6) is 5.00. The number of ether oxygens (including phenoxy) is 3. The lowest BCUT2D eigenvalue weighted by molar-refractivity contribution is 0.460. The van der Waals surface area contributed by atoms with Gasteiger partial charge in [0.25, 0.3) is 0 Å². The molecule has 0 fully saturated rings. The number of phenols is 1. The molecule has 6 nitrogen and oxygen atoms in total. The topological polar surface area (TPSA) is 57.8 Å². The predicted octanol–water partition coefficient (Wildman–Crippen LogP) is 20.4. The highest BCUT2D eigenvalue weighted by atomic mass is 79.9. The van der Waals surface area contributed by atoms with Crippen molar-refractivity contribution in [2.75, 3.05) is 0 Å². The van der Waals surface area contributed by atoms with E-state index in [2.05, 4.69) is 183 Å². The Morgan fingerprint density at radius 1 is 0.253 bits per heavy atom. The molecule has 79 heavy (non-hydrogen) atoms. The van der Waals surface area contributed by atoms with Gasteiger partial charge in [-0.25, -0.2) is 0 Å². The SMILES string of the molecule is Brc1cccc(Oc2ccccc2)c1.Oc1cccc(-c2ccc(-n3c4ccccc4c4ccccc43)cc2)c1.c1ccc(Oc2cccc(Oc3cccc(-c4ccc(-n5c6ccccc6c6ccccc65)cc4)c3)c2)cc1. The fraction of sp³-hybridized carbons (Fsp3) is 0. The van der Waals surface area contributed by atoms with E-state index in [-0.39, 0.29) is 5.75 Å². The number of para-hydroxylation sites is 6. The highest BCUT2D eigenvalue weighted by Gasteiger charge is 2.14. The Morgan fingerprint density at radius 2 is 0.582 bits per heavy atom. The van der Waals surface area contributed by atoms with Crippen LogP contribution in [0, 0.1) is 0 Å². The van der Waals surface area contributed by atoms with E-state index in [0.29, 0.717) is 0 Å². The molecule has 12 aromatic carbocycles. The molecule has 0 saturated carbocycles. The summed E-state index contributed by atoms with van der Waals surface area (Å²) in [5, 5.41) is 14.8. The largest absolute Gasteiger partial charge is 0.508 e. The van der Waals surface area contributed by atoms with Crippen LogP contribution < -0.4 is 14.2 Å². The van der Waals surface area contributed by atoms with Gasteiger partial charge in [-0.3, -0.25) is 0 Å². The number of halogens is 1. The molecule has 0 bridgehead atoms. The molecule has 0 atom stereocenters. The summed E-state index contributed by atoms with van der Waals surface area (Å²) in [7, 11) is 0. The number of hydrogen-bond donors (Lipinski definition) is 1. The molecule has 0 aliphatic rings. The lowest BCUT2D eigenvalue weighted by Gasteiger charge is -2.11. The molecule has 14 rings (SSSR count). The Kier molecular flexibility index (Phi) is 14.5. The van der Waals surface area contributed by atoms with E-state index < -0.39 is 0 Å². The molecular formula is C72H51BrN2O4. The molecule has 2 heterocycles. The Balaban J connectivity index is 0.000000133. The summed E-state index contributed by atoms with van der Waals surface area (Å²) in [6.45, 7) is 0. The first kappa shape index (κ1) is 49.8. The van der Waals surface area contributed by atoms with Gasteiger partial charge in [0.1, 0.15) is 40.2 Å². The number of fused-ring (bicyclic) bond motifs is 6. The van der Waals surface area contributed by atoms with Gasteiger partial charge in [0, 0.05) is 43.5 Å². The van der Waals surface area contributed by atoms with E-state index in [4.69, 9.17) is 14.2 Å². The third-order valence-electron chi connectivity index (χ3n) is 13.6. The van der Waals surface area contributed by atoms with Crippen LogP contribution >= 0.6 is 15.9 Å². The third-order valence-corrected chi connectivity index (χ3v) is 14.0. The zero-order chi connectivity index (χ0) is 53.3. The number of phenolic OH excluding ortho intramolecular Hbond substituents is 1. The second-order valence-electron chi connectivity index (χ2n) is 18.8. The van der Waals surface area contributed by atoms with Crippen molar-refractivity contribution in [3.8, 4) is 73.9 Å². The Hall–Kier alpha value is -10.1.